The molecule has 1 aromatic carbocycles. The number of hydrogen-bond donors (Lipinski definition) is 0. The summed E-state index contributed by atoms with van der Waals surface area (Å²) in [6, 6.07) is 10.1. The molecule has 4 rings (SSSR count). The van der Waals surface area contributed by atoms with Crippen LogP contribution < -0.4 is 4.90 Å². The summed E-state index contributed by atoms with van der Waals surface area (Å²) >= 11 is 6.25. The normalized spacial score (nSPS) is 16.4. The zero-order chi connectivity index (χ0) is 21.1. The second kappa shape index (κ2) is 9.18. The Hall–Kier alpha value is -2.38. The van der Waals surface area contributed by atoms with Crippen molar-refractivity contribution in [3.63, 3.8) is 0 Å². The van der Waals surface area contributed by atoms with Crippen molar-refractivity contribution in [3.05, 3.63) is 58.8 Å². The number of halogens is 1. The van der Waals surface area contributed by atoms with Gasteiger partial charge < -0.3 is 9.32 Å². The summed E-state index contributed by atoms with van der Waals surface area (Å²) in [5.41, 5.74) is 2.49. The fourth-order valence-electron chi connectivity index (χ4n) is 4.18. The van der Waals surface area contributed by atoms with Crippen LogP contribution in [0.25, 0.3) is 0 Å². The molecule has 3 aromatic rings. The average molecular weight is 429 g/mol. The predicted octanol–water partition coefficient (Wildman–Crippen LogP) is 4.19. The third kappa shape index (κ3) is 4.68. The lowest BCUT2D eigenvalue weighted by molar-refractivity contribution is 0.153. The minimum Gasteiger partial charge on any atom is -0.467 e. The van der Waals surface area contributed by atoms with Gasteiger partial charge in [-0.25, -0.2) is 4.68 Å². The molecule has 0 aliphatic carbocycles. The van der Waals surface area contributed by atoms with Crippen LogP contribution in [0.1, 0.15) is 43.5 Å². The SMILES string of the molecule is Cc1ccc(Cl)cc1N1CCN(C(CC(C)C)c2nnnn2Cc2ccco2)CC1. The van der Waals surface area contributed by atoms with Crippen LogP contribution in [0, 0.1) is 12.8 Å². The number of anilines is 1. The number of piperazine rings is 1. The van der Waals surface area contributed by atoms with Gasteiger partial charge in [-0.3, -0.25) is 4.90 Å². The molecule has 1 aliphatic heterocycles. The van der Waals surface area contributed by atoms with Crippen LogP contribution in [0.15, 0.2) is 41.0 Å². The molecule has 2 aromatic heterocycles. The molecule has 30 heavy (non-hydrogen) atoms. The van der Waals surface area contributed by atoms with E-state index >= 15 is 0 Å². The number of tetrazole rings is 1. The lowest BCUT2D eigenvalue weighted by Crippen LogP contribution is -2.48. The van der Waals surface area contributed by atoms with E-state index in [4.69, 9.17) is 16.0 Å². The van der Waals surface area contributed by atoms with Crippen molar-refractivity contribution in [2.75, 3.05) is 31.1 Å². The second-order valence-corrected chi connectivity index (χ2v) is 8.81. The van der Waals surface area contributed by atoms with E-state index < -0.39 is 0 Å². The lowest BCUT2D eigenvalue weighted by Gasteiger charge is -2.40. The first-order valence-electron chi connectivity index (χ1n) is 10.5. The maximum atomic E-state index is 6.25. The zero-order valence-corrected chi connectivity index (χ0v) is 18.6. The van der Waals surface area contributed by atoms with Crippen LogP contribution in [-0.2, 0) is 6.54 Å². The number of aromatic nitrogens is 4. The molecule has 7 nitrogen and oxygen atoms in total. The Morgan fingerprint density at radius 1 is 1.13 bits per heavy atom. The van der Waals surface area contributed by atoms with Gasteiger partial charge in [0.15, 0.2) is 5.82 Å². The minimum atomic E-state index is 0.178. The monoisotopic (exact) mass is 428 g/mol. The Morgan fingerprint density at radius 2 is 1.93 bits per heavy atom. The second-order valence-electron chi connectivity index (χ2n) is 8.37. The Morgan fingerprint density at radius 3 is 2.63 bits per heavy atom. The van der Waals surface area contributed by atoms with Gasteiger partial charge in [0.05, 0.1) is 12.3 Å². The van der Waals surface area contributed by atoms with E-state index in [1.54, 1.807) is 6.26 Å². The molecule has 1 unspecified atom stereocenters. The van der Waals surface area contributed by atoms with E-state index in [1.807, 2.05) is 22.9 Å². The number of furan rings is 1. The third-order valence-electron chi connectivity index (χ3n) is 5.70. The Bertz CT molecular complexity index is 946. The van der Waals surface area contributed by atoms with Crippen molar-refractivity contribution in [2.24, 2.45) is 5.92 Å². The van der Waals surface area contributed by atoms with Gasteiger partial charge in [0, 0.05) is 36.9 Å². The highest BCUT2D eigenvalue weighted by Crippen LogP contribution is 2.30. The maximum Gasteiger partial charge on any atom is 0.168 e. The number of nitrogens with zero attached hydrogens (tertiary/aromatic N) is 6. The van der Waals surface area contributed by atoms with Gasteiger partial charge in [0.1, 0.15) is 12.3 Å². The van der Waals surface area contributed by atoms with Crippen molar-refractivity contribution in [2.45, 2.75) is 39.8 Å². The van der Waals surface area contributed by atoms with Crippen molar-refractivity contribution in [3.8, 4) is 0 Å². The van der Waals surface area contributed by atoms with Crippen LogP contribution in [-0.4, -0.2) is 51.3 Å². The summed E-state index contributed by atoms with van der Waals surface area (Å²) in [6.45, 7) is 11.0. The smallest absolute Gasteiger partial charge is 0.168 e. The molecule has 0 radical (unpaired) electrons. The molecule has 8 heteroatoms. The van der Waals surface area contributed by atoms with Crippen LogP contribution in [0.2, 0.25) is 5.02 Å². The third-order valence-corrected chi connectivity index (χ3v) is 5.94. The van der Waals surface area contributed by atoms with E-state index in [0.29, 0.717) is 12.5 Å². The number of rotatable bonds is 7. The van der Waals surface area contributed by atoms with Crippen LogP contribution >= 0.6 is 11.6 Å². The summed E-state index contributed by atoms with van der Waals surface area (Å²) in [5.74, 6) is 2.30. The first-order valence-corrected chi connectivity index (χ1v) is 10.9. The van der Waals surface area contributed by atoms with E-state index in [1.165, 1.54) is 11.3 Å². The molecular weight excluding hydrogens is 400 g/mol. The Labute approximate surface area is 182 Å². The molecule has 0 N–H and O–H groups in total. The maximum absolute atomic E-state index is 6.25. The highest BCUT2D eigenvalue weighted by atomic mass is 35.5. The fraction of sp³-hybridized carbons (Fsp3) is 0.500. The topological polar surface area (TPSA) is 63.2 Å². The molecule has 1 atom stereocenters. The molecule has 3 heterocycles. The number of aryl methyl sites for hydroxylation is 1. The highest BCUT2D eigenvalue weighted by molar-refractivity contribution is 6.30. The van der Waals surface area contributed by atoms with Gasteiger partial charge in [0.25, 0.3) is 0 Å². The van der Waals surface area contributed by atoms with Crippen molar-refractivity contribution >= 4 is 17.3 Å². The van der Waals surface area contributed by atoms with Gasteiger partial charge in [-0.05, 0) is 59.5 Å². The quantitative estimate of drug-likeness (QED) is 0.562. The van der Waals surface area contributed by atoms with E-state index in [0.717, 1.165) is 49.2 Å². The average Bonchev–Trinajstić information content (AvgIpc) is 3.41. The summed E-state index contributed by atoms with van der Waals surface area (Å²) in [7, 11) is 0. The summed E-state index contributed by atoms with van der Waals surface area (Å²) in [4.78, 5) is 4.94. The molecule has 1 saturated heterocycles. The minimum absolute atomic E-state index is 0.178. The van der Waals surface area contributed by atoms with Crippen LogP contribution in [0.3, 0.4) is 0 Å². The summed E-state index contributed by atoms with van der Waals surface area (Å²) in [6.07, 6.45) is 2.69. The molecule has 0 amide bonds. The van der Waals surface area contributed by atoms with Gasteiger partial charge in [-0.2, -0.15) is 0 Å². The van der Waals surface area contributed by atoms with Gasteiger partial charge in [-0.15, -0.1) is 5.10 Å². The molecule has 0 spiro atoms. The predicted molar refractivity (Wildman–Crippen MR) is 118 cm³/mol. The molecule has 1 aliphatic rings. The summed E-state index contributed by atoms with van der Waals surface area (Å²) in [5, 5.41) is 13.4. The van der Waals surface area contributed by atoms with Gasteiger partial charge >= 0.3 is 0 Å². The molecule has 160 valence electrons. The number of hydrogen-bond acceptors (Lipinski definition) is 6. The number of benzene rings is 1. The zero-order valence-electron chi connectivity index (χ0n) is 17.8. The molecule has 0 saturated carbocycles. The molecule has 0 bridgehead atoms. The highest BCUT2D eigenvalue weighted by Gasteiger charge is 2.30. The van der Waals surface area contributed by atoms with Crippen molar-refractivity contribution in [1.29, 1.82) is 0 Å². The Balaban J connectivity index is 1.51. The van der Waals surface area contributed by atoms with E-state index in [9.17, 15) is 0 Å². The van der Waals surface area contributed by atoms with Crippen molar-refractivity contribution < 1.29 is 4.42 Å². The Kier molecular flexibility index (Phi) is 6.39. The lowest BCUT2D eigenvalue weighted by atomic mass is 10.0. The fourth-order valence-corrected chi connectivity index (χ4v) is 4.34. The molecule has 1 fully saturated rings. The standard InChI is InChI=1S/C22H29ClN6O/c1-16(2)13-21(22-24-25-26-29(22)15-19-5-4-12-30-19)28-10-8-27(9-11-28)20-14-18(23)7-6-17(20)3/h4-7,12,14,16,21H,8-11,13,15H2,1-3H3. The molecular formula is C22H29ClN6O. The first-order chi connectivity index (χ1) is 14.5. The first kappa shape index (κ1) is 20.9. The van der Waals surface area contributed by atoms with Crippen molar-refractivity contribution in [1.82, 2.24) is 25.1 Å². The largest absolute Gasteiger partial charge is 0.467 e. The van der Waals surface area contributed by atoms with E-state index in [-0.39, 0.29) is 6.04 Å². The van der Waals surface area contributed by atoms with Gasteiger partial charge in [-0.1, -0.05) is 31.5 Å². The summed E-state index contributed by atoms with van der Waals surface area (Å²) < 4.78 is 7.38. The van der Waals surface area contributed by atoms with Crippen LogP contribution in [0.4, 0.5) is 5.69 Å². The van der Waals surface area contributed by atoms with Gasteiger partial charge in [0.2, 0.25) is 0 Å². The van der Waals surface area contributed by atoms with E-state index in [2.05, 4.69) is 58.2 Å². The van der Waals surface area contributed by atoms with Crippen LogP contribution in [0.5, 0.6) is 0 Å².